The molecule has 6 rings (SSSR count). The van der Waals surface area contributed by atoms with E-state index in [2.05, 4.69) is 71.6 Å². The third-order valence-corrected chi connectivity index (χ3v) is 7.68. The average Bonchev–Trinajstić information content (AvgIpc) is 3.26. The molecule has 3 heterocycles. The molecular weight excluding hydrogens is 444 g/mol. The van der Waals surface area contributed by atoms with Crippen LogP contribution in [0.5, 0.6) is 0 Å². The van der Waals surface area contributed by atoms with Crippen LogP contribution < -0.4 is 5.73 Å². The van der Waals surface area contributed by atoms with Gasteiger partial charge in [0.2, 0.25) is 0 Å². The maximum Gasteiger partial charge on any atom is 0.150 e. The zero-order valence-electron chi connectivity index (χ0n) is 21.1. The van der Waals surface area contributed by atoms with Crippen LogP contribution in [0.3, 0.4) is 0 Å². The van der Waals surface area contributed by atoms with Crippen LogP contribution in [0, 0.1) is 12.8 Å². The monoisotopic (exact) mass is 476 g/mol. The number of nitrogens with two attached hydrogens (primary N) is 1. The summed E-state index contributed by atoms with van der Waals surface area (Å²) < 4.78 is 2.16. The van der Waals surface area contributed by atoms with Gasteiger partial charge in [-0.1, -0.05) is 49.4 Å². The van der Waals surface area contributed by atoms with E-state index >= 15 is 0 Å². The lowest BCUT2D eigenvalue weighted by molar-refractivity contribution is 0.180. The number of imidazole rings is 1. The molecule has 0 bridgehead atoms. The Morgan fingerprint density at radius 3 is 2.61 bits per heavy atom. The molecule has 5 aromatic rings. The maximum absolute atomic E-state index is 6.42. The first-order valence-corrected chi connectivity index (χ1v) is 12.8. The van der Waals surface area contributed by atoms with E-state index in [-0.39, 0.29) is 0 Å². The zero-order valence-corrected chi connectivity index (χ0v) is 21.1. The average molecular weight is 477 g/mol. The van der Waals surface area contributed by atoms with E-state index in [1.807, 2.05) is 24.4 Å². The second kappa shape index (κ2) is 9.03. The van der Waals surface area contributed by atoms with E-state index in [0.717, 1.165) is 76.6 Å². The molecule has 1 aliphatic carbocycles. The number of aryl methyl sites for hydroxylation is 1. The number of nitrogen functional groups attached to an aromatic ring is 1. The number of hydrogen-bond donors (Lipinski definition) is 1. The molecule has 0 amide bonds. The molecule has 0 spiro atoms. The fourth-order valence-electron chi connectivity index (χ4n) is 5.55. The van der Waals surface area contributed by atoms with Crippen LogP contribution in [0.2, 0.25) is 0 Å². The van der Waals surface area contributed by atoms with Crippen molar-refractivity contribution in [3.63, 3.8) is 0 Å². The molecule has 1 saturated carbocycles. The van der Waals surface area contributed by atoms with Crippen molar-refractivity contribution in [3.8, 4) is 22.5 Å². The first-order valence-electron chi connectivity index (χ1n) is 12.8. The third kappa shape index (κ3) is 3.91. The molecule has 0 saturated heterocycles. The number of anilines is 1. The van der Waals surface area contributed by atoms with Gasteiger partial charge in [-0.2, -0.15) is 0 Å². The lowest BCUT2D eigenvalue weighted by Crippen LogP contribution is -2.34. The highest BCUT2D eigenvalue weighted by Gasteiger charge is 2.34. The van der Waals surface area contributed by atoms with Crippen LogP contribution >= 0.6 is 0 Å². The van der Waals surface area contributed by atoms with E-state index in [1.54, 1.807) is 6.20 Å². The van der Waals surface area contributed by atoms with Crippen LogP contribution in [-0.2, 0) is 0 Å². The van der Waals surface area contributed by atoms with Gasteiger partial charge in [0.15, 0.2) is 0 Å². The molecule has 36 heavy (non-hydrogen) atoms. The summed E-state index contributed by atoms with van der Waals surface area (Å²) in [6.45, 7) is 6.59. The summed E-state index contributed by atoms with van der Waals surface area (Å²) in [5, 5.41) is 1.15. The molecule has 2 N–H and O–H groups in total. The Bertz CT molecular complexity index is 1550. The van der Waals surface area contributed by atoms with Crippen molar-refractivity contribution in [2.75, 3.05) is 25.9 Å². The highest BCUT2D eigenvalue weighted by Crippen LogP contribution is 2.43. The topological polar surface area (TPSA) is 72.3 Å². The van der Waals surface area contributed by atoms with Crippen LogP contribution in [-0.4, -0.2) is 44.4 Å². The SMILES string of the molecule is CCN(C)C[C@H]1C[C@H](c2nc(-c3ccc4c(C)cc(-c5ccccc5)nc4c3)c3c(N)nccn32)C1. The molecule has 3 aromatic heterocycles. The van der Waals surface area contributed by atoms with Crippen molar-refractivity contribution in [1.82, 2.24) is 24.3 Å². The van der Waals surface area contributed by atoms with Crippen molar-refractivity contribution in [1.29, 1.82) is 0 Å². The van der Waals surface area contributed by atoms with Gasteiger partial charge < -0.3 is 10.6 Å². The summed E-state index contributed by atoms with van der Waals surface area (Å²) >= 11 is 0. The lowest BCUT2D eigenvalue weighted by atomic mass is 9.74. The molecule has 6 nitrogen and oxygen atoms in total. The summed E-state index contributed by atoms with van der Waals surface area (Å²) in [6.07, 6.45) is 6.09. The Kier molecular flexibility index (Phi) is 5.69. The molecule has 182 valence electrons. The van der Waals surface area contributed by atoms with Gasteiger partial charge in [-0.25, -0.2) is 15.0 Å². The molecule has 2 aromatic carbocycles. The number of aromatic nitrogens is 4. The highest BCUT2D eigenvalue weighted by atomic mass is 15.1. The van der Waals surface area contributed by atoms with Gasteiger partial charge in [0, 0.05) is 41.4 Å². The molecule has 0 unspecified atom stereocenters. The Labute approximate surface area is 211 Å². The second-order valence-corrected chi connectivity index (χ2v) is 10.2. The van der Waals surface area contributed by atoms with E-state index in [0.29, 0.717) is 11.7 Å². The molecule has 1 aliphatic rings. The Balaban J connectivity index is 1.42. The minimum absolute atomic E-state index is 0.439. The first kappa shape index (κ1) is 22.7. The Morgan fingerprint density at radius 2 is 1.83 bits per heavy atom. The van der Waals surface area contributed by atoms with E-state index in [4.69, 9.17) is 15.7 Å². The first-order chi connectivity index (χ1) is 17.5. The van der Waals surface area contributed by atoms with Gasteiger partial charge in [-0.05, 0) is 57.0 Å². The van der Waals surface area contributed by atoms with Crippen LogP contribution in [0.25, 0.3) is 38.9 Å². The molecule has 6 heteroatoms. The number of pyridine rings is 1. The summed E-state index contributed by atoms with van der Waals surface area (Å²) in [7, 11) is 2.20. The predicted molar refractivity (Wildman–Crippen MR) is 147 cm³/mol. The number of rotatable bonds is 6. The highest BCUT2D eigenvalue weighted by molar-refractivity contribution is 5.92. The van der Waals surface area contributed by atoms with Gasteiger partial charge in [-0.3, -0.25) is 4.40 Å². The van der Waals surface area contributed by atoms with Gasteiger partial charge in [-0.15, -0.1) is 0 Å². The van der Waals surface area contributed by atoms with E-state index < -0.39 is 0 Å². The van der Waals surface area contributed by atoms with Gasteiger partial charge in [0.1, 0.15) is 22.9 Å². The van der Waals surface area contributed by atoms with Crippen molar-refractivity contribution >= 4 is 22.2 Å². The van der Waals surface area contributed by atoms with Crippen LogP contribution in [0.4, 0.5) is 5.82 Å². The Hall–Kier alpha value is -3.77. The zero-order chi connectivity index (χ0) is 24.8. The van der Waals surface area contributed by atoms with Crippen molar-refractivity contribution in [2.24, 2.45) is 5.92 Å². The fourth-order valence-corrected chi connectivity index (χ4v) is 5.55. The predicted octanol–water partition coefficient (Wildman–Crippen LogP) is 5.95. The summed E-state index contributed by atoms with van der Waals surface area (Å²) in [5.41, 5.74) is 13.5. The molecule has 0 atom stereocenters. The number of benzene rings is 2. The standard InChI is InChI=1S/C30H32N6/c1-4-35(3)18-20-15-23(16-20)30-34-27(28-29(31)32-12-13-36(28)30)22-10-11-24-19(2)14-25(33-26(24)17-22)21-8-6-5-7-9-21/h5-14,17,20,23H,4,15-16,18H2,1-3H3,(H2,31,32)/t20-,23-. The third-order valence-electron chi connectivity index (χ3n) is 7.68. The van der Waals surface area contributed by atoms with Gasteiger partial charge in [0.25, 0.3) is 0 Å². The maximum atomic E-state index is 6.42. The largest absolute Gasteiger partial charge is 0.382 e. The summed E-state index contributed by atoms with van der Waals surface area (Å²) in [6, 6.07) is 18.9. The molecule has 0 radical (unpaired) electrons. The summed E-state index contributed by atoms with van der Waals surface area (Å²) in [4.78, 5) is 17.0. The minimum Gasteiger partial charge on any atom is -0.382 e. The van der Waals surface area contributed by atoms with Gasteiger partial charge >= 0.3 is 0 Å². The number of hydrogen-bond acceptors (Lipinski definition) is 5. The number of fused-ring (bicyclic) bond motifs is 2. The fraction of sp³-hybridized carbons (Fsp3) is 0.300. The smallest absolute Gasteiger partial charge is 0.150 e. The molecule has 0 aliphatic heterocycles. The van der Waals surface area contributed by atoms with Gasteiger partial charge in [0.05, 0.1) is 11.2 Å². The Morgan fingerprint density at radius 1 is 1.03 bits per heavy atom. The van der Waals surface area contributed by atoms with E-state index in [1.165, 1.54) is 5.56 Å². The van der Waals surface area contributed by atoms with Crippen LogP contribution in [0.1, 0.15) is 37.1 Å². The minimum atomic E-state index is 0.439. The van der Waals surface area contributed by atoms with Crippen molar-refractivity contribution < 1.29 is 0 Å². The quantitative estimate of drug-likeness (QED) is 0.328. The second-order valence-electron chi connectivity index (χ2n) is 10.2. The normalized spacial score (nSPS) is 17.7. The number of nitrogens with zero attached hydrogens (tertiary/aromatic N) is 5. The lowest BCUT2D eigenvalue weighted by Gasteiger charge is -2.36. The van der Waals surface area contributed by atoms with Crippen molar-refractivity contribution in [3.05, 3.63) is 78.4 Å². The van der Waals surface area contributed by atoms with E-state index in [9.17, 15) is 0 Å². The molecule has 1 fully saturated rings. The summed E-state index contributed by atoms with van der Waals surface area (Å²) in [5.74, 6) is 2.76. The molecular formula is C30H32N6. The van der Waals surface area contributed by atoms with Crippen molar-refractivity contribution in [2.45, 2.75) is 32.6 Å². The van der Waals surface area contributed by atoms with Crippen LogP contribution in [0.15, 0.2) is 67.0 Å².